The fourth-order valence-corrected chi connectivity index (χ4v) is 2.53. The molecule has 0 spiro atoms. The van der Waals surface area contributed by atoms with Gasteiger partial charge in [0.05, 0.1) is 10.6 Å². The van der Waals surface area contributed by atoms with Crippen LogP contribution in [0.1, 0.15) is 15.9 Å². The second kappa shape index (κ2) is 5.73. The molecule has 0 unspecified atom stereocenters. The van der Waals surface area contributed by atoms with Crippen LogP contribution >= 0.6 is 45.8 Å². The van der Waals surface area contributed by atoms with Gasteiger partial charge in [0, 0.05) is 14.2 Å². The summed E-state index contributed by atoms with van der Waals surface area (Å²) in [7, 11) is 0. The molecule has 0 amide bonds. The molecule has 0 bridgehead atoms. The molecule has 19 heavy (non-hydrogen) atoms. The number of carbonyl (C=O) groups is 1. The van der Waals surface area contributed by atoms with E-state index in [0.29, 0.717) is 8.59 Å². The first kappa shape index (κ1) is 14.7. The van der Waals surface area contributed by atoms with Crippen molar-refractivity contribution >= 4 is 51.6 Å². The molecule has 0 fully saturated rings. The summed E-state index contributed by atoms with van der Waals surface area (Å²) >= 11 is 13.5. The van der Waals surface area contributed by atoms with Crippen LogP contribution in [0.2, 0.25) is 10.0 Å². The van der Waals surface area contributed by atoms with Gasteiger partial charge in [-0.05, 0) is 52.9 Å². The molecule has 0 aromatic heterocycles. The number of carbonyl (C=O) groups excluding carboxylic acids is 1. The molecule has 98 valence electrons. The molecule has 0 radical (unpaired) electrons. The average Bonchev–Trinajstić information content (AvgIpc) is 2.37. The van der Waals surface area contributed by atoms with Crippen molar-refractivity contribution in [3.8, 4) is 0 Å². The number of halogens is 5. The lowest BCUT2D eigenvalue weighted by Gasteiger charge is -2.08. The Morgan fingerprint density at radius 1 is 1.11 bits per heavy atom. The van der Waals surface area contributed by atoms with Gasteiger partial charge in [0.1, 0.15) is 0 Å². The van der Waals surface area contributed by atoms with Gasteiger partial charge in [0.15, 0.2) is 17.4 Å². The Bertz CT molecular complexity index is 674. The van der Waals surface area contributed by atoms with Crippen molar-refractivity contribution in [1.29, 1.82) is 0 Å². The Hall–Kier alpha value is -0.720. The van der Waals surface area contributed by atoms with Crippen LogP contribution in [0.25, 0.3) is 0 Å². The quantitative estimate of drug-likeness (QED) is 0.380. The normalized spacial score (nSPS) is 10.6. The van der Waals surface area contributed by atoms with E-state index in [2.05, 4.69) is 0 Å². The molecular formula is C13H5Cl2F2IO. The van der Waals surface area contributed by atoms with Crippen LogP contribution in [0.5, 0.6) is 0 Å². The van der Waals surface area contributed by atoms with Crippen molar-refractivity contribution in [2.45, 2.75) is 0 Å². The molecule has 0 saturated heterocycles. The maximum Gasteiger partial charge on any atom is 0.198 e. The molecule has 2 aromatic carbocycles. The van der Waals surface area contributed by atoms with Crippen molar-refractivity contribution in [3.05, 3.63) is 66.7 Å². The minimum atomic E-state index is -1.26. The van der Waals surface area contributed by atoms with Crippen LogP contribution in [-0.4, -0.2) is 5.78 Å². The van der Waals surface area contributed by atoms with E-state index in [1.807, 2.05) is 22.6 Å². The van der Waals surface area contributed by atoms with Gasteiger partial charge in [0.2, 0.25) is 0 Å². The Balaban J connectivity index is 2.63. The molecule has 6 heteroatoms. The molecule has 0 saturated carbocycles. The summed E-state index contributed by atoms with van der Waals surface area (Å²) in [5.41, 5.74) is -0.304. The topological polar surface area (TPSA) is 17.1 Å². The summed E-state index contributed by atoms with van der Waals surface area (Å²) < 4.78 is 27.5. The lowest BCUT2D eigenvalue weighted by molar-refractivity contribution is 0.103. The maximum atomic E-state index is 13.7. The molecule has 0 aliphatic rings. The summed E-state index contributed by atoms with van der Waals surface area (Å²) in [5.74, 6) is -3.08. The Kier molecular flexibility index (Phi) is 4.43. The van der Waals surface area contributed by atoms with Gasteiger partial charge in [-0.3, -0.25) is 4.79 Å². The van der Waals surface area contributed by atoms with Crippen molar-refractivity contribution in [3.63, 3.8) is 0 Å². The molecule has 1 nitrogen and oxygen atoms in total. The predicted molar refractivity (Wildman–Crippen MR) is 79.0 cm³/mol. The average molecular weight is 413 g/mol. The lowest BCUT2D eigenvalue weighted by Crippen LogP contribution is -2.08. The van der Waals surface area contributed by atoms with E-state index in [1.165, 1.54) is 6.07 Å². The fraction of sp³-hybridized carbons (Fsp3) is 0. The predicted octanol–water partition coefficient (Wildman–Crippen LogP) is 5.11. The minimum Gasteiger partial charge on any atom is -0.288 e. The van der Waals surface area contributed by atoms with Crippen LogP contribution < -0.4 is 0 Å². The largest absolute Gasteiger partial charge is 0.288 e. The molecular weight excluding hydrogens is 408 g/mol. The number of benzene rings is 2. The van der Waals surface area contributed by atoms with Gasteiger partial charge in [-0.25, -0.2) is 8.78 Å². The van der Waals surface area contributed by atoms with Crippen molar-refractivity contribution < 1.29 is 13.6 Å². The van der Waals surface area contributed by atoms with Crippen molar-refractivity contribution in [1.82, 2.24) is 0 Å². The first-order valence-electron chi connectivity index (χ1n) is 5.05. The Labute approximate surface area is 131 Å². The van der Waals surface area contributed by atoms with E-state index in [4.69, 9.17) is 23.2 Å². The van der Waals surface area contributed by atoms with Gasteiger partial charge >= 0.3 is 0 Å². The summed E-state index contributed by atoms with van der Waals surface area (Å²) in [5, 5.41) is 0.191. The number of rotatable bonds is 2. The third kappa shape index (κ3) is 2.90. The number of hydrogen-bond donors (Lipinski definition) is 0. The van der Waals surface area contributed by atoms with E-state index in [1.54, 1.807) is 12.1 Å². The zero-order valence-electron chi connectivity index (χ0n) is 9.18. The first-order valence-corrected chi connectivity index (χ1v) is 6.88. The summed E-state index contributed by atoms with van der Waals surface area (Å²) in [6, 6.07) is 6.62. The van der Waals surface area contributed by atoms with E-state index in [0.717, 1.165) is 12.1 Å². The molecule has 0 aliphatic heterocycles. The SMILES string of the molecule is O=C(c1cc(Cl)ccc1I)c1c(Cl)ccc(F)c1F. The summed E-state index contributed by atoms with van der Waals surface area (Å²) in [6.07, 6.45) is 0. The van der Waals surface area contributed by atoms with E-state index in [-0.39, 0.29) is 10.6 Å². The summed E-state index contributed by atoms with van der Waals surface area (Å²) in [6.45, 7) is 0. The highest BCUT2D eigenvalue weighted by Gasteiger charge is 2.22. The highest BCUT2D eigenvalue weighted by Crippen LogP contribution is 2.27. The monoisotopic (exact) mass is 412 g/mol. The molecule has 2 rings (SSSR count). The summed E-state index contributed by atoms with van der Waals surface area (Å²) in [4.78, 5) is 12.3. The van der Waals surface area contributed by atoms with Gasteiger partial charge in [-0.1, -0.05) is 23.2 Å². The highest BCUT2D eigenvalue weighted by molar-refractivity contribution is 14.1. The van der Waals surface area contributed by atoms with E-state index < -0.39 is 23.0 Å². The van der Waals surface area contributed by atoms with Crippen LogP contribution in [0.15, 0.2) is 30.3 Å². The zero-order valence-corrected chi connectivity index (χ0v) is 12.9. The van der Waals surface area contributed by atoms with Gasteiger partial charge in [0.25, 0.3) is 0 Å². The third-order valence-electron chi connectivity index (χ3n) is 2.44. The minimum absolute atomic E-state index is 0.139. The standard InChI is InChI=1S/C13H5Cl2F2IO/c14-6-1-4-10(18)7(5-6)13(19)11-8(15)2-3-9(16)12(11)17/h1-5H. The zero-order chi connectivity index (χ0) is 14.2. The van der Waals surface area contributed by atoms with Gasteiger partial charge in [-0.15, -0.1) is 0 Å². The van der Waals surface area contributed by atoms with E-state index in [9.17, 15) is 13.6 Å². The van der Waals surface area contributed by atoms with E-state index >= 15 is 0 Å². The van der Waals surface area contributed by atoms with Crippen molar-refractivity contribution in [2.24, 2.45) is 0 Å². The second-order valence-corrected chi connectivity index (χ2v) is 5.68. The van der Waals surface area contributed by atoms with Crippen LogP contribution in [-0.2, 0) is 0 Å². The number of hydrogen-bond acceptors (Lipinski definition) is 1. The smallest absolute Gasteiger partial charge is 0.198 e. The molecule has 2 aromatic rings. The van der Waals surface area contributed by atoms with Crippen LogP contribution in [0.3, 0.4) is 0 Å². The number of ketones is 1. The third-order valence-corrected chi connectivity index (χ3v) is 3.93. The Morgan fingerprint density at radius 3 is 2.47 bits per heavy atom. The Morgan fingerprint density at radius 2 is 1.79 bits per heavy atom. The fourth-order valence-electron chi connectivity index (χ4n) is 1.54. The lowest BCUT2D eigenvalue weighted by atomic mass is 10.0. The van der Waals surface area contributed by atoms with Crippen molar-refractivity contribution in [2.75, 3.05) is 0 Å². The first-order chi connectivity index (χ1) is 8.91. The molecule has 0 N–H and O–H groups in total. The molecule has 0 aliphatic carbocycles. The van der Waals surface area contributed by atoms with Crippen LogP contribution in [0, 0.1) is 15.2 Å². The molecule has 0 heterocycles. The van der Waals surface area contributed by atoms with Gasteiger partial charge < -0.3 is 0 Å². The van der Waals surface area contributed by atoms with Crippen LogP contribution in [0.4, 0.5) is 8.78 Å². The van der Waals surface area contributed by atoms with Gasteiger partial charge in [-0.2, -0.15) is 0 Å². The second-order valence-electron chi connectivity index (χ2n) is 3.67. The molecule has 0 atom stereocenters. The maximum absolute atomic E-state index is 13.7. The highest BCUT2D eigenvalue weighted by atomic mass is 127.